The second-order valence-corrected chi connectivity index (χ2v) is 12.5. The maximum atomic E-state index is 14.3. The zero-order chi connectivity index (χ0) is 26.8. The highest BCUT2D eigenvalue weighted by molar-refractivity contribution is 6.04. The molecule has 2 fully saturated rings. The summed E-state index contributed by atoms with van der Waals surface area (Å²) >= 11 is 0. The number of hydrogen-bond donors (Lipinski definition) is 1. The van der Waals surface area contributed by atoms with Gasteiger partial charge in [0, 0.05) is 35.5 Å². The predicted molar refractivity (Wildman–Crippen MR) is 151 cm³/mol. The number of hydrogen-bond acceptors (Lipinski definition) is 5. The van der Waals surface area contributed by atoms with Gasteiger partial charge in [0.05, 0.1) is 29.3 Å². The van der Waals surface area contributed by atoms with Gasteiger partial charge in [0.2, 0.25) is 0 Å². The molecule has 40 heavy (non-hydrogen) atoms. The molecule has 3 aromatic carbocycles. The van der Waals surface area contributed by atoms with Gasteiger partial charge in [-0.1, -0.05) is 42.5 Å². The summed E-state index contributed by atoms with van der Waals surface area (Å²) in [5, 5.41) is 14.2. The van der Waals surface area contributed by atoms with E-state index in [1.807, 2.05) is 59.2 Å². The van der Waals surface area contributed by atoms with Crippen molar-refractivity contribution in [1.82, 2.24) is 9.47 Å². The number of aliphatic hydroxyl groups is 1. The van der Waals surface area contributed by atoms with E-state index in [4.69, 9.17) is 9.47 Å². The van der Waals surface area contributed by atoms with E-state index in [9.17, 15) is 9.90 Å². The maximum Gasteiger partial charge on any atom is 0.262 e. The third-order valence-corrected chi connectivity index (χ3v) is 10.7. The highest BCUT2D eigenvalue weighted by atomic mass is 16.5. The molecule has 0 amide bonds. The molecule has 1 saturated heterocycles. The Kier molecular flexibility index (Phi) is 4.49. The monoisotopic (exact) mass is 532 g/mol. The van der Waals surface area contributed by atoms with Crippen molar-refractivity contribution in [2.45, 2.75) is 55.3 Å². The Morgan fingerprint density at radius 1 is 1.07 bits per heavy atom. The lowest BCUT2D eigenvalue weighted by atomic mass is 9.49. The van der Waals surface area contributed by atoms with Crippen LogP contribution in [0.15, 0.2) is 66.7 Å². The van der Waals surface area contributed by atoms with Gasteiger partial charge >= 0.3 is 0 Å². The van der Waals surface area contributed by atoms with Gasteiger partial charge in [0.15, 0.2) is 17.6 Å². The Balaban J connectivity index is 1.34. The van der Waals surface area contributed by atoms with Crippen LogP contribution in [-0.2, 0) is 18.3 Å². The molecule has 1 N–H and O–H groups in total. The minimum atomic E-state index is -1.02. The highest BCUT2D eigenvalue weighted by Crippen LogP contribution is 2.69. The number of aromatic nitrogens is 1. The van der Waals surface area contributed by atoms with Crippen LogP contribution in [0.4, 0.5) is 0 Å². The first-order chi connectivity index (χ1) is 19.5. The number of nitrogens with zero attached hydrogens (tertiary/aromatic N) is 2. The molecule has 0 radical (unpaired) electrons. The van der Waals surface area contributed by atoms with Crippen molar-refractivity contribution >= 4 is 16.8 Å². The van der Waals surface area contributed by atoms with Gasteiger partial charge in [-0.25, -0.2) is 0 Å². The Bertz CT molecular complexity index is 1720. The fourth-order valence-electron chi connectivity index (χ4n) is 8.79. The highest BCUT2D eigenvalue weighted by Gasteiger charge is 2.73. The lowest BCUT2D eigenvalue weighted by Crippen LogP contribution is -2.74. The number of ether oxygens (including phenoxy) is 2. The molecule has 3 aliphatic carbocycles. The third kappa shape index (κ3) is 2.69. The molecule has 9 rings (SSSR count). The molecule has 4 atom stereocenters. The number of likely N-dealkylation sites (tertiary alicyclic amines) is 1. The van der Waals surface area contributed by atoms with Crippen LogP contribution in [0.1, 0.15) is 58.1 Å². The second kappa shape index (κ2) is 7.77. The van der Waals surface area contributed by atoms with Gasteiger partial charge in [-0.15, -0.1) is 0 Å². The first-order valence-electron chi connectivity index (χ1n) is 14.6. The molecule has 1 aromatic heterocycles. The zero-order valence-electron chi connectivity index (χ0n) is 22.6. The summed E-state index contributed by atoms with van der Waals surface area (Å²) in [6.45, 7) is 1.97. The molecule has 5 aliphatic rings. The van der Waals surface area contributed by atoms with E-state index >= 15 is 0 Å². The number of fused-ring (bicyclic) bond motifs is 4. The molecule has 4 aromatic rings. The zero-order valence-corrected chi connectivity index (χ0v) is 22.6. The van der Waals surface area contributed by atoms with Gasteiger partial charge in [0.25, 0.3) is 5.91 Å². The van der Waals surface area contributed by atoms with Crippen molar-refractivity contribution in [3.05, 3.63) is 94.7 Å². The van der Waals surface area contributed by atoms with E-state index in [0.29, 0.717) is 17.7 Å². The topological polar surface area (TPSA) is 63.9 Å². The van der Waals surface area contributed by atoms with E-state index in [1.54, 1.807) is 7.11 Å². The molecule has 3 heterocycles. The van der Waals surface area contributed by atoms with Crippen molar-refractivity contribution in [1.29, 1.82) is 0 Å². The van der Waals surface area contributed by atoms with Gasteiger partial charge in [-0.3, -0.25) is 14.3 Å². The summed E-state index contributed by atoms with van der Waals surface area (Å²) in [5.41, 5.74) is 4.12. The number of rotatable bonds is 4. The first-order valence-corrected chi connectivity index (χ1v) is 14.6. The fraction of sp³-hybridized carbons (Fsp3) is 0.382. The van der Waals surface area contributed by atoms with Gasteiger partial charge in [-0.05, 0) is 73.5 Å². The summed E-state index contributed by atoms with van der Waals surface area (Å²) in [7, 11) is 1.68. The Morgan fingerprint density at radius 2 is 1.88 bits per heavy atom. The molecule has 1 spiro atoms. The summed E-state index contributed by atoms with van der Waals surface area (Å²) in [5.74, 6) is 2.12. The van der Waals surface area contributed by atoms with Crippen LogP contribution in [0.5, 0.6) is 11.5 Å². The Hall–Kier alpha value is -3.61. The summed E-state index contributed by atoms with van der Waals surface area (Å²) in [6, 6.07) is 21.8. The number of piperidine rings is 1. The van der Waals surface area contributed by atoms with Gasteiger partial charge in [-0.2, -0.15) is 0 Å². The second-order valence-electron chi connectivity index (χ2n) is 12.5. The molecular weight excluding hydrogens is 500 g/mol. The lowest BCUT2D eigenvalue weighted by Gasteiger charge is -2.63. The average Bonchev–Trinajstić information content (AvgIpc) is 3.65. The molecule has 202 valence electrons. The van der Waals surface area contributed by atoms with E-state index in [1.165, 1.54) is 18.4 Å². The van der Waals surface area contributed by atoms with Gasteiger partial charge in [0.1, 0.15) is 0 Å². The van der Waals surface area contributed by atoms with Crippen molar-refractivity contribution in [2.75, 3.05) is 20.2 Å². The molecule has 1 saturated carbocycles. The predicted octanol–water partition coefficient (Wildman–Crippen LogP) is 5.04. The first kappa shape index (κ1) is 23.1. The van der Waals surface area contributed by atoms with Crippen LogP contribution >= 0.6 is 0 Å². The number of benzene rings is 3. The summed E-state index contributed by atoms with van der Waals surface area (Å²) in [6.07, 6.45) is 4.16. The average molecular weight is 533 g/mol. The van der Waals surface area contributed by atoms with E-state index in [2.05, 4.69) is 17.0 Å². The van der Waals surface area contributed by atoms with Crippen LogP contribution < -0.4 is 9.47 Å². The molecule has 6 nitrogen and oxygen atoms in total. The van der Waals surface area contributed by atoms with Crippen LogP contribution in [0.25, 0.3) is 10.9 Å². The molecular formula is C34H32N2O4. The van der Waals surface area contributed by atoms with Crippen molar-refractivity contribution in [3.63, 3.8) is 0 Å². The van der Waals surface area contributed by atoms with Crippen LogP contribution in [-0.4, -0.2) is 52.3 Å². The smallest absolute Gasteiger partial charge is 0.262 e. The molecule has 2 aliphatic heterocycles. The summed E-state index contributed by atoms with van der Waals surface area (Å²) < 4.78 is 14.7. The quantitative estimate of drug-likeness (QED) is 0.399. The third-order valence-electron chi connectivity index (χ3n) is 10.7. The van der Waals surface area contributed by atoms with Crippen molar-refractivity contribution in [3.8, 4) is 11.5 Å². The maximum absolute atomic E-state index is 14.3. The number of methoxy groups -OCH3 is 1. The Morgan fingerprint density at radius 3 is 2.67 bits per heavy atom. The molecule has 2 unspecified atom stereocenters. The van der Waals surface area contributed by atoms with Crippen molar-refractivity contribution in [2.24, 2.45) is 5.92 Å². The Labute approximate surface area is 233 Å². The minimum absolute atomic E-state index is 0.000109. The SMILES string of the molecule is COc1ccc2c3c1OC1c4c(c5ccccc5n4C(=O)c4ccccc4)CC4(O)[C@@H](C2)N(CC2CC2)CC[C@]314. The standard InChI is InChI=1S/C34H32N2O4/c1-39-26-14-13-22-17-27-34(38)18-24-23-9-5-6-10-25(23)36(32(37)21-7-3-2-4-8-21)29(24)31-33(34,28(22)30(26)40-31)15-16-35(27)19-20-11-12-20/h2-10,13-14,20,27,31,38H,11-12,15-19H2,1H3/t27-,31?,33+,34?/m1/s1. The van der Waals surface area contributed by atoms with Crippen LogP contribution in [0, 0.1) is 5.92 Å². The van der Waals surface area contributed by atoms with Crippen molar-refractivity contribution < 1.29 is 19.4 Å². The molecule has 2 bridgehead atoms. The molecule has 6 heteroatoms. The van der Waals surface area contributed by atoms with E-state index < -0.39 is 17.1 Å². The van der Waals surface area contributed by atoms with E-state index in [-0.39, 0.29) is 11.9 Å². The lowest BCUT2D eigenvalue weighted by molar-refractivity contribution is -0.173. The number of para-hydroxylation sites is 1. The number of carbonyl (C=O) groups is 1. The fourth-order valence-corrected chi connectivity index (χ4v) is 8.79. The normalized spacial score (nSPS) is 29.6. The minimum Gasteiger partial charge on any atom is -0.493 e. The van der Waals surface area contributed by atoms with Crippen LogP contribution in [0.3, 0.4) is 0 Å². The van der Waals surface area contributed by atoms with Gasteiger partial charge < -0.3 is 14.6 Å². The van der Waals surface area contributed by atoms with Crippen LogP contribution in [0.2, 0.25) is 0 Å². The number of carbonyl (C=O) groups excluding carboxylic acids is 1. The van der Waals surface area contributed by atoms with E-state index in [0.717, 1.165) is 65.3 Å². The summed E-state index contributed by atoms with van der Waals surface area (Å²) in [4.78, 5) is 16.9. The largest absolute Gasteiger partial charge is 0.493 e.